The fourth-order valence-electron chi connectivity index (χ4n) is 2.94. The number of benzene rings is 2. The van der Waals surface area contributed by atoms with E-state index in [1.807, 2.05) is 13.3 Å². The van der Waals surface area contributed by atoms with E-state index in [0.717, 1.165) is 12.2 Å². The lowest BCUT2D eigenvalue weighted by Gasteiger charge is -2.31. The highest BCUT2D eigenvalue weighted by atomic mass is 31.1. The highest BCUT2D eigenvalue weighted by molar-refractivity contribution is 7.48. The summed E-state index contributed by atoms with van der Waals surface area (Å²) in [6.07, 6.45) is 3.03. The van der Waals surface area contributed by atoms with E-state index in [9.17, 15) is 0 Å². The highest BCUT2D eigenvalue weighted by Gasteiger charge is 2.29. The van der Waals surface area contributed by atoms with E-state index in [4.69, 9.17) is 4.74 Å². The smallest absolute Gasteiger partial charge is 0.122 e. The Morgan fingerprint density at radius 3 is 2.42 bits per heavy atom. The second kappa shape index (κ2) is 7.94. The standard InChI is InChI=1S/C21H28NOP/c1-7-21(4,18-13-16(3)8-10-19(18)23-6)24-20-11-9-15(2)12-17(20)14-22-5/h8-14,24H,7H2,1-6H3/b22-14+. The summed E-state index contributed by atoms with van der Waals surface area (Å²) in [4.78, 5) is 4.24. The Morgan fingerprint density at radius 2 is 1.79 bits per heavy atom. The first kappa shape index (κ1) is 18.7. The van der Waals surface area contributed by atoms with Gasteiger partial charge in [0.25, 0.3) is 0 Å². The van der Waals surface area contributed by atoms with Crippen LogP contribution in [0.15, 0.2) is 41.4 Å². The molecule has 128 valence electrons. The minimum Gasteiger partial charge on any atom is -0.496 e. The topological polar surface area (TPSA) is 21.6 Å². The van der Waals surface area contributed by atoms with Crippen molar-refractivity contribution in [1.29, 1.82) is 0 Å². The van der Waals surface area contributed by atoms with Crippen molar-refractivity contribution in [2.24, 2.45) is 4.99 Å². The second-order valence-corrected chi connectivity index (χ2v) is 8.38. The highest BCUT2D eigenvalue weighted by Crippen LogP contribution is 2.47. The number of aryl methyl sites for hydroxylation is 2. The largest absolute Gasteiger partial charge is 0.496 e. The zero-order valence-electron chi connectivity index (χ0n) is 15.6. The van der Waals surface area contributed by atoms with Crippen LogP contribution in [-0.2, 0) is 5.16 Å². The summed E-state index contributed by atoms with van der Waals surface area (Å²) in [5.41, 5.74) is 5.06. The van der Waals surface area contributed by atoms with E-state index in [-0.39, 0.29) is 5.16 Å². The van der Waals surface area contributed by atoms with Crippen LogP contribution in [0, 0.1) is 13.8 Å². The molecule has 3 heteroatoms. The van der Waals surface area contributed by atoms with Gasteiger partial charge in [0.05, 0.1) is 7.11 Å². The first-order valence-corrected chi connectivity index (χ1v) is 9.39. The molecule has 0 aromatic heterocycles. The summed E-state index contributed by atoms with van der Waals surface area (Å²) in [6.45, 7) is 8.87. The number of methoxy groups -OCH3 is 1. The second-order valence-electron chi connectivity index (χ2n) is 6.49. The molecule has 0 aliphatic carbocycles. The van der Waals surface area contributed by atoms with E-state index in [2.05, 4.69) is 69.1 Å². The molecule has 0 saturated carbocycles. The molecule has 0 spiro atoms. The van der Waals surface area contributed by atoms with E-state index in [1.165, 1.54) is 27.6 Å². The van der Waals surface area contributed by atoms with Gasteiger partial charge in [-0.15, -0.1) is 0 Å². The van der Waals surface area contributed by atoms with Crippen LogP contribution in [0.4, 0.5) is 0 Å². The molecule has 2 aromatic carbocycles. The van der Waals surface area contributed by atoms with Crippen molar-refractivity contribution in [3.63, 3.8) is 0 Å². The Hall–Kier alpha value is -1.66. The van der Waals surface area contributed by atoms with Crippen LogP contribution in [0.1, 0.15) is 42.5 Å². The third-order valence-corrected chi connectivity index (χ3v) is 6.44. The Kier molecular flexibility index (Phi) is 6.18. The SMILES string of the molecule is CCC(C)(Pc1ccc(C)cc1/C=N/C)c1cc(C)ccc1OC. The summed E-state index contributed by atoms with van der Waals surface area (Å²) in [5.74, 6) is 0.982. The van der Waals surface area contributed by atoms with E-state index in [0.29, 0.717) is 8.58 Å². The number of hydrogen-bond donors (Lipinski definition) is 0. The van der Waals surface area contributed by atoms with Crippen molar-refractivity contribution in [1.82, 2.24) is 0 Å². The Labute approximate surface area is 148 Å². The van der Waals surface area contributed by atoms with Crippen LogP contribution in [-0.4, -0.2) is 20.4 Å². The molecule has 0 saturated heterocycles. The number of rotatable bonds is 6. The summed E-state index contributed by atoms with van der Waals surface area (Å²) < 4.78 is 5.66. The first-order valence-electron chi connectivity index (χ1n) is 8.39. The van der Waals surface area contributed by atoms with Crippen molar-refractivity contribution in [3.05, 3.63) is 58.7 Å². The average Bonchev–Trinajstić information content (AvgIpc) is 2.57. The fraction of sp³-hybridized carbons (Fsp3) is 0.381. The zero-order chi connectivity index (χ0) is 17.7. The summed E-state index contributed by atoms with van der Waals surface area (Å²) >= 11 is 0. The Bertz CT molecular complexity index is 739. The van der Waals surface area contributed by atoms with Crippen molar-refractivity contribution < 1.29 is 4.74 Å². The van der Waals surface area contributed by atoms with Crippen molar-refractivity contribution in [2.75, 3.05) is 14.2 Å². The molecule has 0 fully saturated rings. The van der Waals surface area contributed by atoms with Gasteiger partial charge in [0.15, 0.2) is 0 Å². The first-order chi connectivity index (χ1) is 11.4. The van der Waals surface area contributed by atoms with Gasteiger partial charge < -0.3 is 4.74 Å². The van der Waals surface area contributed by atoms with Crippen LogP contribution >= 0.6 is 8.58 Å². The Balaban J connectivity index is 2.51. The van der Waals surface area contributed by atoms with Crippen LogP contribution in [0.2, 0.25) is 0 Å². The fourth-order valence-corrected chi connectivity index (χ4v) is 4.49. The molecular formula is C21H28NOP. The van der Waals surface area contributed by atoms with E-state index >= 15 is 0 Å². The van der Waals surface area contributed by atoms with Gasteiger partial charge in [-0.1, -0.05) is 57.8 Å². The van der Waals surface area contributed by atoms with Crippen molar-refractivity contribution in [3.8, 4) is 5.75 Å². The van der Waals surface area contributed by atoms with E-state index < -0.39 is 0 Å². The molecule has 2 rings (SSSR count). The van der Waals surface area contributed by atoms with Crippen molar-refractivity contribution in [2.45, 2.75) is 39.3 Å². The molecule has 0 bridgehead atoms. The Morgan fingerprint density at radius 1 is 1.12 bits per heavy atom. The molecule has 0 amide bonds. The molecule has 2 atom stereocenters. The molecule has 2 aromatic rings. The molecule has 0 heterocycles. The lowest BCUT2D eigenvalue weighted by atomic mass is 9.95. The maximum absolute atomic E-state index is 5.66. The van der Waals surface area contributed by atoms with Crippen LogP contribution < -0.4 is 10.0 Å². The minimum absolute atomic E-state index is 0.0446. The minimum atomic E-state index is 0.0446. The van der Waals surface area contributed by atoms with Crippen LogP contribution in [0.5, 0.6) is 5.75 Å². The quantitative estimate of drug-likeness (QED) is 0.536. The van der Waals surface area contributed by atoms with Crippen LogP contribution in [0.3, 0.4) is 0 Å². The van der Waals surface area contributed by atoms with Gasteiger partial charge in [0, 0.05) is 24.0 Å². The summed E-state index contributed by atoms with van der Waals surface area (Å²) in [7, 11) is 4.25. The monoisotopic (exact) mass is 341 g/mol. The van der Waals surface area contributed by atoms with Gasteiger partial charge >= 0.3 is 0 Å². The predicted molar refractivity (Wildman–Crippen MR) is 108 cm³/mol. The van der Waals surface area contributed by atoms with Crippen molar-refractivity contribution >= 4 is 20.1 Å². The van der Waals surface area contributed by atoms with Gasteiger partial charge in [-0.3, -0.25) is 4.99 Å². The lowest BCUT2D eigenvalue weighted by Crippen LogP contribution is -2.21. The van der Waals surface area contributed by atoms with E-state index in [1.54, 1.807) is 7.11 Å². The molecule has 2 unspecified atom stereocenters. The third-order valence-electron chi connectivity index (χ3n) is 4.54. The molecule has 24 heavy (non-hydrogen) atoms. The average molecular weight is 341 g/mol. The van der Waals surface area contributed by atoms with Gasteiger partial charge in [-0.25, -0.2) is 0 Å². The molecule has 0 radical (unpaired) electrons. The number of ether oxygens (including phenoxy) is 1. The number of nitrogens with zero attached hydrogens (tertiary/aromatic N) is 1. The zero-order valence-corrected chi connectivity index (χ0v) is 16.6. The molecule has 0 N–H and O–H groups in total. The molecule has 2 nitrogen and oxygen atoms in total. The number of aliphatic imine (C=N–C) groups is 1. The molecule has 0 aliphatic heterocycles. The summed E-state index contributed by atoms with van der Waals surface area (Å²) in [5, 5.41) is 1.40. The third kappa shape index (κ3) is 4.05. The predicted octanol–water partition coefficient (Wildman–Crippen LogP) is 4.99. The maximum atomic E-state index is 5.66. The molecule has 0 aliphatic rings. The normalized spacial score (nSPS) is 14.4. The van der Waals surface area contributed by atoms with Gasteiger partial charge in [-0.2, -0.15) is 0 Å². The maximum Gasteiger partial charge on any atom is 0.122 e. The van der Waals surface area contributed by atoms with Crippen LogP contribution in [0.25, 0.3) is 0 Å². The van der Waals surface area contributed by atoms with Gasteiger partial charge in [0.1, 0.15) is 5.75 Å². The molecular weight excluding hydrogens is 313 g/mol. The van der Waals surface area contributed by atoms with Gasteiger partial charge in [-0.05, 0) is 43.3 Å². The lowest BCUT2D eigenvalue weighted by molar-refractivity contribution is 0.403. The summed E-state index contributed by atoms with van der Waals surface area (Å²) in [6, 6.07) is 13.1. The number of hydrogen-bond acceptors (Lipinski definition) is 2. The van der Waals surface area contributed by atoms with Gasteiger partial charge in [0.2, 0.25) is 0 Å².